The highest BCUT2D eigenvalue weighted by molar-refractivity contribution is 5.99. The summed E-state index contributed by atoms with van der Waals surface area (Å²) in [6.45, 7) is 9.38. The van der Waals surface area contributed by atoms with Gasteiger partial charge in [-0.3, -0.25) is 0 Å². The van der Waals surface area contributed by atoms with Gasteiger partial charge in [-0.25, -0.2) is 9.97 Å². The molecule has 0 aliphatic heterocycles. The van der Waals surface area contributed by atoms with Crippen LogP contribution in [0.1, 0.15) is 49.9 Å². The fourth-order valence-electron chi connectivity index (χ4n) is 9.78. The topological polar surface area (TPSA) is 25.8 Å². The van der Waals surface area contributed by atoms with Gasteiger partial charge in [0.2, 0.25) is 0 Å². The van der Waals surface area contributed by atoms with E-state index in [1.54, 1.807) is 0 Å². The van der Waals surface area contributed by atoms with E-state index in [0.29, 0.717) is 5.82 Å². The third-order valence-electron chi connectivity index (χ3n) is 12.9. The number of aromatic nitrogens is 2. The summed E-state index contributed by atoms with van der Waals surface area (Å²) >= 11 is 0. The molecular weight excluding hydrogens is 701 g/mol. The molecule has 0 N–H and O–H groups in total. The molecule has 2 aliphatic rings. The summed E-state index contributed by atoms with van der Waals surface area (Å²) in [6.07, 6.45) is 0. The van der Waals surface area contributed by atoms with Crippen molar-refractivity contribution in [1.29, 1.82) is 0 Å². The first kappa shape index (κ1) is 34.4. The molecule has 2 nitrogen and oxygen atoms in total. The van der Waals surface area contributed by atoms with Crippen LogP contribution in [-0.2, 0) is 10.8 Å². The summed E-state index contributed by atoms with van der Waals surface area (Å²) in [5.74, 6) is 0.712. The molecule has 9 aromatic rings. The van der Waals surface area contributed by atoms with Crippen molar-refractivity contribution in [3.63, 3.8) is 0 Å². The molecular formula is C56H42N2. The lowest BCUT2D eigenvalue weighted by molar-refractivity contribution is 0.660. The smallest absolute Gasteiger partial charge is 0.160 e. The van der Waals surface area contributed by atoms with Gasteiger partial charge in [0.1, 0.15) is 0 Å². The molecule has 0 spiro atoms. The Labute approximate surface area is 340 Å². The SMILES string of the molecule is CC1(C)c2ccccc2-c2cc(-c3cccc(-c4cc(-c5cccc(-c6cccc7c6-c6cc8ccccc8cc6C7(C)C)c5)nc(-c5ccccc5)n4)c3)ccc21. The zero-order valence-electron chi connectivity index (χ0n) is 33.2. The Bertz CT molecular complexity index is 3110. The highest BCUT2D eigenvalue weighted by Crippen LogP contribution is 2.53. The summed E-state index contributed by atoms with van der Waals surface area (Å²) in [6, 6.07) is 66.3. The molecule has 0 radical (unpaired) electrons. The third-order valence-corrected chi connectivity index (χ3v) is 12.9. The molecule has 2 aliphatic carbocycles. The van der Waals surface area contributed by atoms with Gasteiger partial charge in [-0.15, -0.1) is 0 Å². The van der Waals surface area contributed by atoms with Crippen LogP contribution < -0.4 is 0 Å². The minimum atomic E-state index is -0.107. The number of fused-ring (bicyclic) bond motifs is 7. The van der Waals surface area contributed by atoms with E-state index in [2.05, 4.69) is 204 Å². The maximum atomic E-state index is 5.24. The second-order valence-electron chi connectivity index (χ2n) is 17.0. The van der Waals surface area contributed by atoms with Gasteiger partial charge in [0.05, 0.1) is 11.4 Å². The van der Waals surface area contributed by atoms with Crippen molar-refractivity contribution in [3.05, 3.63) is 204 Å². The Morgan fingerprint density at radius 1 is 0.310 bits per heavy atom. The first-order valence-electron chi connectivity index (χ1n) is 20.3. The summed E-state index contributed by atoms with van der Waals surface area (Å²) < 4.78 is 0. The summed E-state index contributed by atoms with van der Waals surface area (Å²) in [7, 11) is 0. The van der Waals surface area contributed by atoms with Gasteiger partial charge in [0.15, 0.2) is 5.82 Å². The standard InChI is InChI=1S/C56H42N2/c1-55(2)47-25-11-10-23-44(47)45-31-39(27-28-48(45)55)36-19-12-21-41(29-36)51-34-52(58-54(57-51)35-15-6-5-7-16-35)42-22-13-20-40(30-42)43-24-14-26-49-53(43)46-32-37-17-8-9-18-38(37)33-50(46)56(49,3)4/h5-34H,1-4H3. The van der Waals surface area contributed by atoms with Gasteiger partial charge in [-0.2, -0.15) is 0 Å². The monoisotopic (exact) mass is 742 g/mol. The Morgan fingerprint density at radius 2 is 0.845 bits per heavy atom. The molecule has 2 heteroatoms. The zero-order chi connectivity index (χ0) is 39.2. The highest BCUT2D eigenvalue weighted by Gasteiger charge is 2.37. The molecule has 1 heterocycles. The quantitative estimate of drug-likeness (QED) is 0.175. The lowest BCUT2D eigenvalue weighted by Gasteiger charge is -2.22. The van der Waals surface area contributed by atoms with Crippen molar-refractivity contribution in [2.75, 3.05) is 0 Å². The Morgan fingerprint density at radius 3 is 1.62 bits per heavy atom. The molecule has 0 saturated heterocycles. The average Bonchev–Trinajstić information content (AvgIpc) is 3.64. The van der Waals surface area contributed by atoms with Gasteiger partial charge in [-0.05, 0) is 114 Å². The number of nitrogens with zero attached hydrogens (tertiary/aromatic N) is 2. The Balaban J connectivity index is 1.03. The van der Waals surface area contributed by atoms with Crippen LogP contribution >= 0.6 is 0 Å². The van der Waals surface area contributed by atoms with Crippen molar-refractivity contribution in [2.24, 2.45) is 0 Å². The summed E-state index contributed by atoms with van der Waals surface area (Å²) in [4.78, 5) is 10.5. The Kier molecular flexibility index (Phi) is 7.59. The third kappa shape index (κ3) is 5.32. The molecule has 58 heavy (non-hydrogen) atoms. The fraction of sp³-hybridized carbons (Fsp3) is 0.107. The number of hydrogen-bond donors (Lipinski definition) is 0. The van der Waals surface area contributed by atoms with E-state index in [-0.39, 0.29) is 10.8 Å². The largest absolute Gasteiger partial charge is 0.228 e. The lowest BCUT2D eigenvalue weighted by atomic mass is 9.81. The highest BCUT2D eigenvalue weighted by atomic mass is 14.9. The van der Waals surface area contributed by atoms with Gasteiger partial charge in [0.25, 0.3) is 0 Å². The van der Waals surface area contributed by atoms with Gasteiger partial charge in [0, 0.05) is 27.5 Å². The zero-order valence-corrected chi connectivity index (χ0v) is 33.2. The minimum absolute atomic E-state index is 0.0225. The second-order valence-corrected chi connectivity index (χ2v) is 17.0. The van der Waals surface area contributed by atoms with Gasteiger partial charge < -0.3 is 0 Å². The van der Waals surface area contributed by atoms with Crippen LogP contribution in [0.4, 0.5) is 0 Å². The van der Waals surface area contributed by atoms with Gasteiger partial charge >= 0.3 is 0 Å². The molecule has 0 saturated carbocycles. The van der Waals surface area contributed by atoms with E-state index in [0.717, 1.165) is 28.1 Å². The molecule has 0 fully saturated rings. The van der Waals surface area contributed by atoms with E-state index in [1.165, 1.54) is 77.5 Å². The molecule has 1 aromatic heterocycles. The van der Waals surface area contributed by atoms with Crippen LogP contribution in [0.15, 0.2) is 182 Å². The maximum Gasteiger partial charge on any atom is 0.160 e. The van der Waals surface area contributed by atoms with E-state index in [9.17, 15) is 0 Å². The summed E-state index contributed by atoms with van der Waals surface area (Å²) in [5.41, 5.74) is 20.4. The van der Waals surface area contributed by atoms with Crippen LogP contribution in [0.25, 0.3) is 89.2 Å². The number of rotatable bonds is 5. The maximum absolute atomic E-state index is 5.24. The van der Waals surface area contributed by atoms with Crippen molar-refractivity contribution in [1.82, 2.24) is 9.97 Å². The van der Waals surface area contributed by atoms with Crippen LogP contribution in [-0.4, -0.2) is 9.97 Å². The van der Waals surface area contributed by atoms with Gasteiger partial charge in [-0.1, -0.05) is 173 Å². The van der Waals surface area contributed by atoms with E-state index >= 15 is 0 Å². The van der Waals surface area contributed by atoms with Crippen molar-refractivity contribution in [2.45, 2.75) is 38.5 Å². The van der Waals surface area contributed by atoms with Crippen molar-refractivity contribution >= 4 is 10.8 Å². The molecule has 0 amide bonds. The summed E-state index contributed by atoms with van der Waals surface area (Å²) in [5, 5.41) is 2.55. The van der Waals surface area contributed by atoms with E-state index in [1.807, 2.05) is 6.07 Å². The van der Waals surface area contributed by atoms with E-state index < -0.39 is 0 Å². The first-order valence-corrected chi connectivity index (χ1v) is 20.3. The van der Waals surface area contributed by atoms with Crippen molar-refractivity contribution < 1.29 is 0 Å². The molecule has 0 unspecified atom stereocenters. The average molecular weight is 743 g/mol. The van der Waals surface area contributed by atoms with Crippen LogP contribution in [0.2, 0.25) is 0 Å². The molecule has 276 valence electrons. The number of hydrogen-bond acceptors (Lipinski definition) is 2. The predicted octanol–water partition coefficient (Wildman–Crippen LogP) is 14.6. The number of benzene rings is 8. The lowest BCUT2D eigenvalue weighted by Crippen LogP contribution is -2.14. The normalized spacial score (nSPS) is 14.1. The minimum Gasteiger partial charge on any atom is -0.228 e. The van der Waals surface area contributed by atoms with Crippen molar-refractivity contribution in [3.8, 4) is 78.4 Å². The molecule has 0 atom stereocenters. The molecule has 0 bridgehead atoms. The van der Waals surface area contributed by atoms with Crippen LogP contribution in [0, 0.1) is 0 Å². The second kappa shape index (κ2) is 12.8. The first-order chi connectivity index (χ1) is 28.2. The van der Waals surface area contributed by atoms with Crippen LogP contribution in [0.5, 0.6) is 0 Å². The Hall–Kier alpha value is -6.90. The molecule has 11 rings (SSSR count). The predicted molar refractivity (Wildman–Crippen MR) is 242 cm³/mol. The fourth-order valence-corrected chi connectivity index (χ4v) is 9.78. The van der Waals surface area contributed by atoms with E-state index in [4.69, 9.17) is 9.97 Å². The van der Waals surface area contributed by atoms with Crippen LogP contribution in [0.3, 0.4) is 0 Å². The molecule has 8 aromatic carbocycles.